The number of carbonyl (C=O) groups is 2. The number of carboxylic acids is 1. The molecule has 2 amide bonds. The molecule has 0 bridgehead atoms. The molecule has 1 heterocycles. The quantitative estimate of drug-likeness (QED) is 0.818. The van der Waals surface area contributed by atoms with Crippen molar-refractivity contribution in [3.05, 3.63) is 0 Å². The second-order valence-electron chi connectivity index (χ2n) is 5.74. The largest absolute Gasteiger partial charge is 0.480 e. The number of urea groups is 1. The first kappa shape index (κ1) is 15.8. The summed E-state index contributed by atoms with van der Waals surface area (Å²) in [6.45, 7) is 6.13. The number of carboxylic acid groups (broad SMARTS) is 1. The van der Waals surface area contributed by atoms with E-state index in [0.717, 1.165) is 12.8 Å². The monoisotopic (exact) mass is 272 g/mol. The molecule has 0 aliphatic carbocycles. The molecular formula is C13H24N2O4. The molecule has 0 aromatic rings. The van der Waals surface area contributed by atoms with E-state index < -0.39 is 5.97 Å². The summed E-state index contributed by atoms with van der Waals surface area (Å²) in [7, 11) is 1.53. The maximum absolute atomic E-state index is 12.3. The van der Waals surface area contributed by atoms with Crippen molar-refractivity contribution < 1.29 is 19.4 Å². The summed E-state index contributed by atoms with van der Waals surface area (Å²) in [5.74, 6) is -0.998. The van der Waals surface area contributed by atoms with Gasteiger partial charge in [0, 0.05) is 26.7 Å². The number of methoxy groups -OCH3 is 1. The molecule has 1 N–H and O–H groups in total. The fourth-order valence-corrected chi connectivity index (χ4v) is 2.11. The second-order valence-corrected chi connectivity index (χ2v) is 5.74. The van der Waals surface area contributed by atoms with Crippen LogP contribution in [0.15, 0.2) is 0 Å². The SMILES string of the molecule is COCCN(CC(=O)O)C(=O)N1CCC(C)(C)CC1. The summed E-state index contributed by atoms with van der Waals surface area (Å²) in [6, 6.07) is -0.199. The first-order valence-corrected chi connectivity index (χ1v) is 6.60. The number of aliphatic carboxylic acids is 1. The van der Waals surface area contributed by atoms with E-state index in [4.69, 9.17) is 9.84 Å². The molecular weight excluding hydrogens is 248 g/mol. The summed E-state index contributed by atoms with van der Waals surface area (Å²) >= 11 is 0. The van der Waals surface area contributed by atoms with Gasteiger partial charge in [-0.05, 0) is 18.3 Å². The van der Waals surface area contributed by atoms with Crippen LogP contribution in [-0.4, -0.2) is 66.8 Å². The van der Waals surface area contributed by atoms with Gasteiger partial charge in [-0.1, -0.05) is 13.8 Å². The van der Waals surface area contributed by atoms with Gasteiger partial charge in [-0.3, -0.25) is 4.79 Å². The molecule has 1 aliphatic rings. The lowest BCUT2D eigenvalue weighted by Gasteiger charge is -2.39. The average Bonchev–Trinajstić information content (AvgIpc) is 2.33. The van der Waals surface area contributed by atoms with Crippen molar-refractivity contribution in [3.63, 3.8) is 0 Å². The van der Waals surface area contributed by atoms with Crippen LogP contribution in [0.2, 0.25) is 0 Å². The van der Waals surface area contributed by atoms with Gasteiger partial charge in [0.1, 0.15) is 6.54 Å². The number of likely N-dealkylation sites (tertiary alicyclic amines) is 1. The van der Waals surface area contributed by atoms with Crippen molar-refractivity contribution in [2.24, 2.45) is 5.41 Å². The number of hydrogen-bond donors (Lipinski definition) is 1. The zero-order valence-corrected chi connectivity index (χ0v) is 12.0. The minimum absolute atomic E-state index is 0.199. The van der Waals surface area contributed by atoms with E-state index in [2.05, 4.69) is 13.8 Å². The van der Waals surface area contributed by atoms with Crippen LogP contribution in [-0.2, 0) is 9.53 Å². The molecule has 1 saturated heterocycles. The molecule has 6 heteroatoms. The van der Waals surface area contributed by atoms with Gasteiger partial charge in [-0.25, -0.2) is 4.79 Å². The van der Waals surface area contributed by atoms with E-state index in [1.165, 1.54) is 12.0 Å². The topological polar surface area (TPSA) is 70.1 Å². The lowest BCUT2D eigenvalue weighted by molar-refractivity contribution is -0.137. The first-order chi connectivity index (χ1) is 8.85. The van der Waals surface area contributed by atoms with Gasteiger partial charge in [0.25, 0.3) is 0 Å². The Balaban J connectivity index is 2.58. The lowest BCUT2D eigenvalue weighted by Crippen LogP contribution is -2.50. The highest BCUT2D eigenvalue weighted by atomic mass is 16.5. The van der Waals surface area contributed by atoms with Gasteiger partial charge in [0.2, 0.25) is 0 Å². The summed E-state index contributed by atoms with van der Waals surface area (Å²) in [5.41, 5.74) is 0.265. The van der Waals surface area contributed by atoms with Crippen molar-refractivity contribution in [2.45, 2.75) is 26.7 Å². The van der Waals surface area contributed by atoms with Crippen molar-refractivity contribution in [2.75, 3.05) is 39.9 Å². The maximum atomic E-state index is 12.3. The standard InChI is InChI=1S/C13H24N2O4/c1-13(2)4-6-14(7-5-13)12(18)15(8-9-19-3)10-11(16)17/h4-10H2,1-3H3,(H,16,17). The smallest absolute Gasteiger partial charge is 0.323 e. The van der Waals surface area contributed by atoms with E-state index in [0.29, 0.717) is 26.2 Å². The van der Waals surface area contributed by atoms with Gasteiger partial charge >= 0.3 is 12.0 Å². The third-order valence-corrected chi connectivity index (χ3v) is 3.55. The molecule has 1 fully saturated rings. The number of hydrogen-bond acceptors (Lipinski definition) is 3. The Kier molecular flexibility index (Phi) is 5.60. The predicted octanol–water partition coefficient (Wildman–Crippen LogP) is 1.26. The van der Waals surface area contributed by atoms with Crippen LogP contribution in [0.3, 0.4) is 0 Å². The molecule has 0 aromatic heterocycles. The van der Waals surface area contributed by atoms with Crippen LogP contribution in [0, 0.1) is 5.41 Å². The molecule has 0 unspecified atom stereocenters. The highest BCUT2D eigenvalue weighted by molar-refractivity contribution is 5.80. The van der Waals surface area contributed by atoms with Crippen LogP contribution in [0.5, 0.6) is 0 Å². The van der Waals surface area contributed by atoms with Gasteiger partial charge in [-0.2, -0.15) is 0 Å². The second kappa shape index (κ2) is 6.75. The molecule has 0 saturated carbocycles. The van der Waals surface area contributed by atoms with Crippen molar-refractivity contribution >= 4 is 12.0 Å². The molecule has 6 nitrogen and oxygen atoms in total. The van der Waals surface area contributed by atoms with Crippen molar-refractivity contribution in [3.8, 4) is 0 Å². The highest BCUT2D eigenvalue weighted by Crippen LogP contribution is 2.30. The Morgan fingerprint density at radius 3 is 2.37 bits per heavy atom. The molecule has 0 aromatic carbocycles. The minimum atomic E-state index is -0.998. The number of amides is 2. The zero-order valence-electron chi connectivity index (χ0n) is 12.0. The van der Waals surface area contributed by atoms with Crippen LogP contribution in [0.25, 0.3) is 0 Å². The average molecular weight is 272 g/mol. The zero-order chi connectivity index (χ0) is 14.5. The molecule has 110 valence electrons. The normalized spacial score (nSPS) is 18.2. The summed E-state index contributed by atoms with van der Waals surface area (Å²) in [5, 5.41) is 8.86. The van der Waals surface area contributed by atoms with Crippen LogP contribution < -0.4 is 0 Å². The highest BCUT2D eigenvalue weighted by Gasteiger charge is 2.30. The molecule has 0 radical (unpaired) electrons. The van der Waals surface area contributed by atoms with E-state index in [1.807, 2.05) is 0 Å². The number of nitrogens with zero attached hydrogens (tertiary/aromatic N) is 2. The fraction of sp³-hybridized carbons (Fsp3) is 0.846. The van der Waals surface area contributed by atoms with Crippen LogP contribution in [0.4, 0.5) is 4.79 Å². The number of rotatable bonds is 5. The lowest BCUT2D eigenvalue weighted by atomic mass is 9.83. The Morgan fingerprint density at radius 1 is 1.32 bits per heavy atom. The van der Waals surface area contributed by atoms with Gasteiger partial charge in [-0.15, -0.1) is 0 Å². The number of piperidine rings is 1. The Hall–Kier alpha value is -1.30. The summed E-state index contributed by atoms with van der Waals surface area (Å²) < 4.78 is 4.92. The van der Waals surface area contributed by atoms with E-state index in [9.17, 15) is 9.59 Å². The minimum Gasteiger partial charge on any atom is -0.480 e. The van der Waals surface area contributed by atoms with Crippen molar-refractivity contribution in [1.29, 1.82) is 0 Å². The van der Waals surface area contributed by atoms with E-state index in [-0.39, 0.29) is 18.0 Å². The third-order valence-electron chi connectivity index (χ3n) is 3.55. The first-order valence-electron chi connectivity index (χ1n) is 6.60. The molecule has 1 aliphatic heterocycles. The predicted molar refractivity (Wildman–Crippen MR) is 71.1 cm³/mol. The number of carbonyl (C=O) groups excluding carboxylic acids is 1. The van der Waals surface area contributed by atoms with Crippen molar-refractivity contribution in [1.82, 2.24) is 9.80 Å². The molecule has 0 atom stereocenters. The fourth-order valence-electron chi connectivity index (χ4n) is 2.11. The summed E-state index contributed by atoms with van der Waals surface area (Å²) in [4.78, 5) is 26.2. The Labute approximate surface area is 114 Å². The Morgan fingerprint density at radius 2 is 1.89 bits per heavy atom. The third kappa shape index (κ3) is 5.06. The van der Waals surface area contributed by atoms with E-state index >= 15 is 0 Å². The van der Waals surface area contributed by atoms with E-state index in [1.54, 1.807) is 4.90 Å². The van der Waals surface area contributed by atoms with Gasteiger partial charge < -0.3 is 19.6 Å². The van der Waals surface area contributed by atoms with Gasteiger partial charge in [0.15, 0.2) is 0 Å². The van der Waals surface area contributed by atoms with Crippen LogP contribution >= 0.6 is 0 Å². The molecule has 19 heavy (non-hydrogen) atoms. The molecule has 0 spiro atoms. The molecule has 1 rings (SSSR count). The summed E-state index contributed by atoms with van der Waals surface area (Å²) in [6.07, 6.45) is 1.90. The van der Waals surface area contributed by atoms with Gasteiger partial charge in [0.05, 0.1) is 6.61 Å². The Bertz CT molecular complexity index is 321. The van der Waals surface area contributed by atoms with Crippen LogP contribution in [0.1, 0.15) is 26.7 Å². The number of ether oxygens (including phenoxy) is 1. The maximum Gasteiger partial charge on any atom is 0.323 e.